The third-order valence-electron chi connectivity index (χ3n) is 3.98. The molecule has 2 aromatic rings. The van der Waals surface area contributed by atoms with Gasteiger partial charge in [-0.2, -0.15) is 0 Å². The number of fused-ring (bicyclic) bond motifs is 1. The molecule has 0 atom stereocenters. The lowest BCUT2D eigenvalue weighted by Crippen LogP contribution is -2.35. The molecule has 1 amide bonds. The fourth-order valence-corrected chi connectivity index (χ4v) is 2.85. The Morgan fingerprint density at radius 2 is 1.86 bits per heavy atom. The van der Waals surface area contributed by atoms with E-state index in [4.69, 9.17) is 0 Å². The second kappa shape index (κ2) is 7.43. The van der Waals surface area contributed by atoms with Crippen molar-refractivity contribution in [1.29, 1.82) is 0 Å². The van der Waals surface area contributed by atoms with E-state index in [1.165, 1.54) is 5.56 Å². The average Bonchev–Trinajstić information content (AvgIpc) is 2.76. The molecule has 0 unspecified atom stereocenters. The number of aryl methyl sites for hydroxylation is 1. The number of nitrogens with one attached hydrogen (secondary N) is 1. The van der Waals surface area contributed by atoms with Gasteiger partial charge in [0.1, 0.15) is 0 Å². The van der Waals surface area contributed by atoms with Crippen molar-refractivity contribution in [3.63, 3.8) is 0 Å². The fourth-order valence-electron chi connectivity index (χ4n) is 2.85. The Hall–Kier alpha value is -1.84. The molecule has 0 fully saturated rings. The molecule has 3 rings (SSSR count). The van der Waals surface area contributed by atoms with E-state index in [1.807, 2.05) is 47.4 Å². The minimum atomic E-state index is 0. The summed E-state index contributed by atoms with van der Waals surface area (Å²) in [5, 5.41) is 3.37. The van der Waals surface area contributed by atoms with Gasteiger partial charge < -0.3 is 10.2 Å². The summed E-state index contributed by atoms with van der Waals surface area (Å²) in [5.74, 6) is 0.101. The fraction of sp³-hybridized carbons (Fsp3) is 0.278. The van der Waals surface area contributed by atoms with Gasteiger partial charge in [0.05, 0.1) is 0 Å². The number of hydrogen-bond acceptors (Lipinski definition) is 2. The molecule has 116 valence electrons. The summed E-state index contributed by atoms with van der Waals surface area (Å²) in [6.45, 7) is 4.42. The lowest BCUT2D eigenvalue weighted by Gasteiger charge is -2.23. The summed E-state index contributed by atoms with van der Waals surface area (Å²) >= 11 is 0. The highest BCUT2D eigenvalue weighted by atomic mass is 35.5. The highest BCUT2D eigenvalue weighted by Gasteiger charge is 2.23. The van der Waals surface area contributed by atoms with Gasteiger partial charge in [0.15, 0.2) is 0 Å². The van der Waals surface area contributed by atoms with Crippen LogP contribution >= 0.6 is 12.4 Å². The number of carbonyl (C=O) groups excluding carboxylic acids is 1. The second-order valence-electron chi connectivity index (χ2n) is 5.27. The molecule has 0 radical (unpaired) electrons. The SMILES string of the molecule is CCc1ccccc1C(=O)N1CCNCc2ccccc21.Cl. The van der Waals surface area contributed by atoms with Crippen LogP contribution in [0.4, 0.5) is 5.69 Å². The van der Waals surface area contributed by atoms with Gasteiger partial charge in [0.2, 0.25) is 0 Å². The van der Waals surface area contributed by atoms with Crippen LogP contribution < -0.4 is 10.2 Å². The highest BCUT2D eigenvalue weighted by Crippen LogP contribution is 2.25. The summed E-state index contributed by atoms with van der Waals surface area (Å²) in [5.41, 5.74) is 4.13. The lowest BCUT2D eigenvalue weighted by atomic mass is 10.0. The maximum Gasteiger partial charge on any atom is 0.258 e. The lowest BCUT2D eigenvalue weighted by molar-refractivity contribution is 0.0986. The molecular weight excluding hydrogens is 296 g/mol. The number of para-hydroxylation sites is 1. The predicted molar refractivity (Wildman–Crippen MR) is 92.9 cm³/mol. The van der Waals surface area contributed by atoms with E-state index in [0.717, 1.165) is 36.3 Å². The Labute approximate surface area is 137 Å². The summed E-state index contributed by atoms with van der Waals surface area (Å²) in [6.07, 6.45) is 0.871. The largest absolute Gasteiger partial charge is 0.311 e. The van der Waals surface area contributed by atoms with E-state index < -0.39 is 0 Å². The molecule has 1 N–H and O–H groups in total. The van der Waals surface area contributed by atoms with Crippen molar-refractivity contribution in [3.8, 4) is 0 Å². The summed E-state index contributed by atoms with van der Waals surface area (Å²) < 4.78 is 0. The van der Waals surface area contributed by atoms with Crippen molar-refractivity contribution in [2.45, 2.75) is 19.9 Å². The van der Waals surface area contributed by atoms with E-state index in [9.17, 15) is 4.79 Å². The van der Waals surface area contributed by atoms with Gasteiger partial charge in [-0.3, -0.25) is 4.79 Å². The first-order chi connectivity index (χ1) is 10.3. The molecular formula is C18H21ClN2O. The van der Waals surface area contributed by atoms with Gasteiger partial charge in [0, 0.05) is 30.9 Å². The third kappa shape index (κ3) is 3.16. The Morgan fingerprint density at radius 1 is 1.14 bits per heavy atom. The summed E-state index contributed by atoms with van der Waals surface area (Å²) in [6, 6.07) is 16.0. The molecule has 1 aliphatic rings. The molecule has 0 spiro atoms. The summed E-state index contributed by atoms with van der Waals surface area (Å²) in [4.78, 5) is 14.9. The molecule has 4 heteroatoms. The van der Waals surface area contributed by atoms with E-state index in [-0.39, 0.29) is 18.3 Å². The molecule has 0 aliphatic carbocycles. The number of carbonyl (C=O) groups is 1. The van der Waals surface area contributed by atoms with Crippen molar-refractivity contribution in [3.05, 3.63) is 65.2 Å². The Bertz CT molecular complexity index is 657. The van der Waals surface area contributed by atoms with E-state index in [2.05, 4.69) is 18.3 Å². The van der Waals surface area contributed by atoms with Crippen LogP contribution in [0, 0.1) is 0 Å². The van der Waals surface area contributed by atoms with Gasteiger partial charge in [-0.25, -0.2) is 0 Å². The normalized spacial score (nSPS) is 13.8. The zero-order valence-electron chi connectivity index (χ0n) is 12.7. The van der Waals surface area contributed by atoms with Gasteiger partial charge in [-0.15, -0.1) is 12.4 Å². The van der Waals surface area contributed by atoms with Crippen molar-refractivity contribution in [1.82, 2.24) is 5.32 Å². The Morgan fingerprint density at radius 3 is 2.68 bits per heavy atom. The molecule has 1 heterocycles. The number of amides is 1. The van der Waals surface area contributed by atoms with Gasteiger partial charge in [-0.05, 0) is 29.7 Å². The van der Waals surface area contributed by atoms with Crippen LogP contribution in [-0.4, -0.2) is 19.0 Å². The topological polar surface area (TPSA) is 32.3 Å². The Balaban J connectivity index is 0.00000176. The van der Waals surface area contributed by atoms with Crippen LogP contribution in [-0.2, 0) is 13.0 Å². The minimum Gasteiger partial charge on any atom is -0.311 e. The number of benzene rings is 2. The van der Waals surface area contributed by atoms with Gasteiger partial charge >= 0.3 is 0 Å². The molecule has 0 saturated carbocycles. The zero-order valence-corrected chi connectivity index (χ0v) is 13.5. The quantitative estimate of drug-likeness (QED) is 0.920. The van der Waals surface area contributed by atoms with Crippen molar-refractivity contribution < 1.29 is 4.79 Å². The number of halogens is 1. The van der Waals surface area contributed by atoms with E-state index >= 15 is 0 Å². The maximum absolute atomic E-state index is 13.0. The zero-order chi connectivity index (χ0) is 14.7. The third-order valence-corrected chi connectivity index (χ3v) is 3.98. The summed E-state index contributed by atoms with van der Waals surface area (Å²) in [7, 11) is 0. The van der Waals surface area contributed by atoms with E-state index in [0.29, 0.717) is 6.54 Å². The molecule has 0 aromatic heterocycles. The second-order valence-corrected chi connectivity index (χ2v) is 5.27. The first kappa shape index (κ1) is 16.5. The van der Waals surface area contributed by atoms with Crippen molar-refractivity contribution in [2.75, 3.05) is 18.0 Å². The maximum atomic E-state index is 13.0. The van der Waals surface area contributed by atoms with Crippen LogP contribution in [0.1, 0.15) is 28.4 Å². The van der Waals surface area contributed by atoms with Crippen LogP contribution in [0.25, 0.3) is 0 Å². The molecule has 22 heavy (non-hydrogen) atoms. The number of rotatable bonds is 2. The van der Waals surface area contributed by atoms with Gasteiger partial charge in [0.25, 0.3) is 5.91 Å². The average molecular weight is 317 g/mol. The molecule has 1 aliphatic heterocycles. The van der Waals surface area contributed by atoms with Crippen LogP contribution in [0.15, 0.2) is 48.5 Å². The molecule has 0 saturated heterocycles. The Kier molecular flexibility index (Phi) is 5.58. The van der Waals surface area contributed by atoms with Crippen LogP contribution in [0.5, 0.6) is 0 Å². The van der Waals surface area contributed by atoms with Crippen molar-refractivity contribution >= 4 is 24.0 Å². The van der Waals surface area contributed by atoms with Crippen LogP contribution in [0.3, 0.4) is 0 Å². The molecule has 2 aromatic carbocycles. The molecule has 0 bridgehead atoms. The standard InChI is InChI=1S/C18H20N2O.ClH/c1-2-14-7-3-5-9-16(14)18(21)20-12-11-19-13-15-8-4-6-10-17(15)20;/h3-10,19H,2,11-13H2,1H3;1H. The smallest absolute Gasteiger partial charge is 0.258 e. The van der Waals surface area contributed by atoms with Crippen LogP contribution in [0.2, 0.25) is 0 Å². The number of hydrogen-bond donors (Lipinski definition) is 1. The van der Waals surface area contributed by atoms with Crippen molar-refractivity contribution in [2.24, 2.45) is 0 Å². The highest BCUT2D eigenvalue weighted by molar-refractivity contribution is 6.07. The predicted octanol–water partition coefficient (Wildman–Crippen LogP) is 3.42. The van der Waals surface area contributed by atoms with E-state index in [1.54, 1.807) is 0 Å². The minimum absolute atomic E-state index is 0. The van der Waals surface area contributed by atoms with Gasteiger partial charge in [-0.1, -0.05) is 43.3 Å². The number of anilines is 1. The monoisotopic (exact) mass is 316 g/mol. The molecule has 3 nitrogen and oxygen atoms in total. The first-order valence-corrected chi connectivity index (χ1v) is 7.49. The number of nitrogens with zero attached hydrogens (tertiary/aromatic N) is 1. The first-order valence-electron chi connectivity index (χ1n) is 7.49.